The van der Waals surface area contributed by atoms with Gasteiger partial charge in [-0.15, -0.1) is 11.3 Å². The van der Waals surface area contributed by atoms with Gasteiger partial charge in [-0.25, -0.2) is 4.98 Å². The summed E-state index contributed by atoms with van der Waals surface area (Å²) in [5.74, 6) is 0. The number of nitrogens with zero attached hydrogens (tertiary/aromatic N) is 1. The maximum atomic E-state index is 4.27. The van der Waals surface area contributed by atoms with E-state index >= 15 is 0 Å². The molecule has 4 heteroatoms. The smallest absolute Gasteiger partial charge is 0.113 e. The first kappa shape index (κ1) is 9.16. The first-order valence-corrected chi connectivity index (χ1v) is 4.98. The lowest BCUT2D eigenvalue weighted by atomic mass is 10.1. The predicted molar refractivity (Wildman–Crippen MR) is 51.9 cm³/mol. The summed E-state index contributed by atoms with van der Waals surface area (Å²) in [5.41, 5.74) is -0.0172. The second-order valence-corrected chi connectivity index (χ2v) is 5.25. The van der Waals surface area contributed by atoms with Crippen molar-refractivity contribution < 1.29 is 0 Å². The van der Waals surface area contributed by atoms with E-state index in [2.05, 4.69) is 40.1 Å². The molecule has 0 fully saturated rings. The van der Waals surface area contributed by atoms with Crippen LogP contribution in [0.25, 0.3) is 0 Å². The first-order valence-electron chi connectivity index (χ1n) is 3.37. The molecular weight excluding hydrogens is 224 g/mol. The van der Waals surface area contributed by atoms with Crippen LogP contribution in [-0.4, -0.2) is 12.0 Å². The van der Waals surface area contributed by atoms with Crippen molar-refractivity contribution in [1.29, 1.82) is 0 Å². The Morgan fingerprint density at radius 2 is 2.27 bits per heavy atom. The summed E-state index contributed by atoms with van der Waals surface area (Å²) in [5, 5.41) is 4.30. The zero-order valence-corrected chi connectivity index (χ0v) is 9.21. The van der Waals surface area contributed by atoms with Gasteiger partial charge in [-0.05, 0) is 36.8 Å². The molecule has 0 unspecified atom stereocenters. The minimum Gasteiger partial charge on any atom is -0.309 e. The molecule has 0 saturated heterocycles. The van der Waals surface area contributed by atoms with Crippen LogP contribution >= 0.6 is 27.3 Å². The summed E-state index contributed by atoms with van der Waals surface area (Å²) in [7, 11) is 1.94. The van der Waals surface area contributed by atoms with E-state index in [0.717, 1.165) is 8.79 Å². The monoisotopic (exact) mass is 234 g/mol. The minimum atomic E-state index is -0.0172. The zero-order chi connectivity index (χ0) is 8.48. The Bertz CT molecular complexity index is 244. The van der Waals surface area contributed by atoms with Gasteiger partial charge in [0.1, 0.15) is 5.01 Å². The standard InChI is InChI=1S/C7H11BrN2S/c1-7(2,9-3)6-10-4-5(8)11-6/h4,9H,1-3H3. The molecule has 0 bridgehead atoms. The Morgan fingerprint density at radius 3 is 2.64 bits per heavy atom. The third-order valence-electron chi connectivity index (χ3n) is 1.64. The van der Waals surface area contributed by atoms with Crippen LogP contribution in [-0.2, 0) is 5.54 Å². The van der Waals surface area contributed by atoms with Crippen LogP contribution in [0.15, 0.2) is 9.98 Å². The molecule has 62 valence electrons. The highest BCUT2D eigenvalue weighted by Gasteiger charge is 2.20. The Morgan fingerprint density at radius 1 is 1.64 bits per heavy atom. The van der Waals surface area contributed by atoms with Gasteiger partial charge >= 0.3 is 0 Å². The molecule has 11 heavy (non-hydrogen) atoms. The zero-order valence-electron chi connectivity index (χ0n) is 6.81. The van der Waals surface area contributed by atoms with Crippen molar-refractivity contribution in [1.82, 2.24) is 10.3 Å². The average molecular weight is 235 g/mol. The number of hydrogen-bond donors (Lipinski definition) is 1. The van der Waals surface area contributed by atoms with E-state index in [-0.39, 0.29) is 5.54 Å². The van der Waals surface area contributed by atoms with Crippen LogP contribution in [0.1, 0.15) is 18.9 Å². The molecule has 2 nitrogen and oxygen atoms in total. The molecule has 0 aliphatic rings. The van der Waals surface area contributed by atoms with Gasteiger partial charge < -0.3 is 5.32 Å². The quantitative estimate of drug-likeness (QED) is 0.851. The third-order valence-corrected chi connectivity index (χ3v) is 3.44. The van der Waals surface area contributed by atoms with Gasteiger partial charge in [0.2, 0.25) is 0 Å². The molecule has 1 heterocycles. The van der Waals surface area contributed by atoms with Crippen molar-refractivity contribution in [3.05, 3.63) is 15.0 Å². The summed E-state index contributed by atoms with van der Waals surface area (Å²) < 4.78 is 1.08. The van der Waals surface area contributed by atoms with Crippen LogP contribution in [0.5, 0.6) is 0 Å². The highest BCUT2D eigenvalue weighted by Crippen LogP contribution is 2.27. The predicted octanol–water partition coefficient (Wildman–Crippen LogP) is 2.36. The Kier molecular flexibility index (Phi) is 2.67. The molecule has 0 radical (unpaired) electrons. The van der Waals surface area contributed by atoms with Gasteiger partial charge in [0.15, 0.2) is 0 Å². The molecular formula is C7H11BrN2S. The molecule has 1 rings (SSSR count). The second-order valence-electron chi connectivity index (χ2n) is 2.84. The lowest BCUT2D eigenvalue weighted by Crippen LogP contribution is -2.32. The lowest BCUT2D eigenvalue weighted by molar-refractivity contribution is 0.442. The summed E-state index contributed by atoms with van der Waals surface area (Å²) >= 11 is 5.04. The fraction of sp³-hybridized carbons (Fsp3) is 0.571. The highest BCUT2D eigenvalue weighted by molar-refractivity contribution is 9.11. The molecule has 0 spiro atoms. The number of halogens is 1. The SMILES string of the molecule is CNC(C)(C)c1ncc(Br)s1. The summed E-state index contributed by atoms with van der Waals surface area (Å²) in [6.07, 6.45) is 1.83. The van der Waals surface area contributed by atoms with Crippen molar-refractivity contribution in [2.45, 2.75) is 19.4 Å². The number of aromatic nitrogens is 1. The molecule has 1 N–H and O–H groups in total. The summed E-state index contributed by atoms with van der Waals surface area (Å²) in [4.78, 5) is 4.27. The molecule has 0 aliphatic heterocycles. The van der Waals surface area contributed by atoms with E-state index in [0.29, 0.717) is 0 Å². The van der Waals surface area contributed by atoms with Gasteiger partial charge in [-0.1, -0.05) is 0 Å². The van der Waals surface area contributed by atoms with Crippen molar-refractivity contribution in [3.8, 4) is 0 Å². The topological polar surface area (TPSA) is 24.9 Å². The van der Waals surface area contributed by atoms with Crippen molar-refractivity contribution in [2.75, 3.05) is 7.05 Å². The van der Waals surface area contributed by atoms with Crippen LogP contribution in [0.2, 0.25) is 0 Å². The largest absolute Gasteiger partial charge is 0.309 e. The molecule has 0 aromatic carbocycles. The van der Waals surface area contributed by atoms with Crippen LogP contribution < -0.4 is 5.32 Å². The van der Waals surface area contributed by atoms with Gasteiger partial charge in [-0.3, -0.25) is 0 Å². The molecule has 0 amide bonds. The first-order chi connectivity index (χ1) is 5.06. The number of nitrogens with one attached hydrogen (secondary N) is 1. The normalized spacial score (nSPS) is 12.0. The molecule has 0 aliphatic carbocycles. The van der Waals surface area contributed by atoms with E-state index in [4.69, 9.17) is 0 Å². The summed E-state index contributed by atoms with van der Waals surface area (Å²) in [6.45, 7) is 4.22. The van der Waals surface area contributed by atoms with E-state index in [1.54, 1.807) is 11.3 Å². The van der Waals surface area contributed by atoms with Crippen LogP contribution in [0.3, 0.4) is 0 Å². The molecule has 1 aromatic heterocycles. The number of rotatable bonds is 2. The fourth-order valence-electron chi connectivity index (χ4n) is 0.650. The number of thiazole rings is 1. The summed E-state index contributed by atoms with van der Waals surface area (Å²) in [6, 6.07) is 0. The second kappa shape index (κ2) is 3.21. The Labute approximate surface area is 79.2 Å². The van der Waals surface area contributed by atoms with Crippen molar-refractivity contribution >= 4 is 27.3 Å². The Balaban J connectivity index is 2.92. The van der Waals surface area contributed by atoms with E-state index < -0.39 is 0 Å². The molecule has 1 aromatic rings. The minimum absolute atomic E-state index is 0.0172. The van der Waals surface area contributed by atoms with Crippen molar-refractivity contribution in [3.63, 3.8) is 0 Å². The van der Waals surface area contributed by atoms with E-state index in [1.165, 1.54) is 0 Å². The third kappa shape index (κ3) is 2.01. The van der Waals surface area contributed by atoms with Crippen molar-refractivity contribution in [2.24, 2.45) is 0 Å². The Hall–Kier alpha value is 0.0700. The van der Waals surface area contributed by atoms with Gasteiger partial charge in [0, 0.05) is 0 Å². The highest BCUT2D eigenvalue weighted by atomic mass is 79.9. The van der Waals surface area contributed by atoms with Gasteiger partial charge in [0.05, 0.1) is 15.5 Å². The maximum Gasteiger partial charge on any atom is 0.113 e. The van der Waals surface area contributed by atoms with Crippen LogP contribution in [0, 0.1) is 0 Å². The average Bonchev–Trinajstić information content (AvgIpc) is 2.36. The maximum absolute atomic E-state index is 4.27. The van der Waals surface area contributed by atoms with E-state index in [9.17, 15) is 0 Å². The fourth-order valence-corrected chi connectivity index (χ4v) is 1.97. The van der Waals surface area contributed by atoms with E-state index in [1.807, 2.05) is 13.2 Å². The van der Waals surface area contributed by atoms with Crippen LogP contribution in [0.4, 0.5) is 0 Å². The van der Waals surface area contributed by atoms with Gasteiger partial charge in [0.25, 0.3) is 0 Å². The molecule has 0 saturated carbocycles. The van der Waals surface area contributed by atoms with Gasteiger partial charge in [-0.2, -0.15) is 0 Å². The lowest BCUT2D eigenvalue weighted by Gasteiger charge is -2.20. The molecule has 0 atom stereocenters. The number of hydrogen-bond acceptors (Lipinski definition) is 3.